The van der Waals surface area contributed by atoms with E-state index in [9.17, 15) is 4.79 Å². The van der Waals surface area contributed by atoms with E-state index in [1.165, 1.54) is 0 Å². The first-order chi connectivity index (χ1) is 9.99. The van der Waals surface area contributed by atoms with Crippen LogP contribution in [0.3, 0.4) is 0 Å². The van der Waals surface area contributed by atoms with Gasteiger partial charge in [-0.3, -0.25) is 4.79 Å². The molecular weight excluding hydrogens is 264 g/mol. The number of nitrogens with two attached hydrogens (primary N) is 1. The number of carbonyl (C=O) groups excluding carboxylic acids is 1. The third-order valence-corrected chi connectivity index (χ3v) is 3.97. The van der Waals surface area contributed by atoms with Crippen LogP contribution in [0.25, 0.3) is 0 Å². The minimum atomic E-state index is -0.486. The van der Waals surface area contributed by atoms with Crippen LogP contribution in [0.1, 0.15) is 50.8 Å². The Labute approximate surface area is 127 Å². The molecule has 4 heteroatoms. The minimum Gasteiger partial charge on any atom is -0.481 e. The molecule has 1 aliphatic rings. The largest absolute Gasteiger partial charge is 0.481 e. The molecule has 1 aromatic carbocycles. The molecule has 0 saturated heterocycles. The van der Waals surface area contributed by atoms with Gasteiger partial charge in [0.2, 0.25) is 0 Å². The Morgan fingerprint density at radius 1 is 1.43 bits per heavy atom. The molecule has 0 saturated carbocycles. The normalized spacial score (nSPS) is 18.4. The smallest absolute Gasteiger partial charge is 0.260 e. The van der Waals surface area contributed by atoms with Gasteiger partial charge < -0.3 is 15.8 Å². The molecule has 0 aliphatic heterocycles. The second-order valence-corrected chi connectivity index (χ2v) is 6.20. The number of hydrogen-bond acceptors (Lipinski definition) is 3. The van der Waals surface area contributed by atoms with Crippen molar-refractivity contribution in [2.45, 2.75) is 52.2 Å². The Kier molecular flexibility index (Phi) is 5.23. The summed E-state index contributed by atoms with van der Waals surface area (Å²) in [5.74, 6) is 1.32. The molecule has 0 radical (unpaired) electrons. The van der Waals surface area contributed by atoms with Gasteiger partial charge in [0, 0.05) is 12.6 Å². The van der Waals surface area contributed by atoms with Crippen LogP contribution in [0.2, 0.25) is 0 Å². The second kappa shape index (κ2) is 6.94. The maximum absolute atomic E-state index is 12.0. The number of fused-ring (bicyclic) bond motifs is 1. The zero-order chi connectivity index (χ0) is 15.4. The van der Waals surface area contributed by atoms with E-state index >= 15 is 0 Å². The minimum absolute atomic E-state index is 0.0597. The van der Waals surface area contributed by atoms with Gasteiger partial charge >= 0.3 is 0 Å². The molecule has 1 amide bonds. The van der Waals surface area contributed by atoms with Crippen molar-refractivity contribution in [2.24, 2.45) is 11.7 Å². The fourth-order valence-electron chi connectivity index (χ4n) is 2.64. The lowest BCUT2D eigenvalue weighted by Gasteiger charge is -2.17. The van der Waals surface area contributed by atoms with Crippen LogP contribution in [0.4, 0.5) is 0 Å². The molecule has 0 spiro atoms. The highest BCUT2D eigenvalue weighted by Gasteiger charge is 2.24. The molecule has 116 valence electrons. The van der Waals surface area contributed by atoms with Crippen LogP contribution in [0.5, 0.6) is 5.75 Å². The summed E-state index contributed by atoms with van der Waals surface area (Å²) in [5, 5.41) is 2.92. The average Bonchev–Trinajstić information content (AvgIpc) is 2.81. The fraction of sp³-hybridized carbons (Fsp3) is 0.588. The number of benzene rings is 1. The third kappa shape index (κ3) is 3.97. The number of rotatable bonds is 6. The molecule has 2 unspecified atom stereocenters. The van der Waals surface area contributed by atoms with E-state index < -0.39 is 6.10 Å². The van der Waals surface area contributed by atoms with E-state index in [0.29, 0.717) is 12.5 Å². The highest BCUT2D eigenvalue weighted by molar-refractivity contribution is 5.80. The molecule has 21 heavy (non-hydrogen) atoms. The molecule has 4 nitrogen and oxygen atoms in total. The summed E-state index contributed by atoms with van der Waals surface area (Å²) < 4.78 is 5.86. The van der Waals surface area contributed by atoms with E-state index in [2.05, 4.69) is 19.2 Å². The molecule has 0 heterocycles. The molecule has 0 fully saturated rings. The van der Waals surface area contributed by atoms with Crippen molar-refractivity contribution in [3.63, 3.8) is 0 Å². The topological polar surface area (TPSA) is 64.3 Å². The summed E-state index contributed by atoms with van der Waals surface area (Å²) in [6, 6.07) is 6.02. The van der Waals surface area contributed by atoms with Crippen molar-refractivity contribution in [3.8, 4) is 5.75 Å². The van der Waals surface area contributed by atoms with Crippen LogP contribution in [-0.2, 0) is 11.2 Å². The highest BCUT2D eigenvalue weighted by atomic mass is 16.5. The van der Waals surface area contributed by atoms with Crippen molar-refractivity contribution < 1.29 is 9.53 Å². The molecule has 2 rings (SSSR count). The number of nitrogens with one attached hydrogen (secondary N) is 1. The second-order valence-electron chi connectivity index (χ2n) is 6.20. The molecule has 2 atom stereocenters. The van der Waals surface area contributed by atoms with Crippen LogP contribution in [0.15, 0.2) is 18.2 Å². The van der Waals surface area contributed by atoms with Gasteiger partial charge in [-0.2, -0.15) is 0 Å². The average molecular weight is 290 g/mol. The summed E-state index contributed by atoms with van der Waals surface area (Å²) in [7, 11) is 0. The van der Waals surface area contributed by atoms with Gasteiger partial charge in [0.1, 0.15) is 5.75 Å². The first-order valence-corrected chi connectivity index (χ1v) is 7.80. The lowest BCUT2D eigenvalue weighted by molar-refractivity contribution is -0.127. The van der Waals surface area contributed by atoms with Gasteiger partial charge in [0.05, 0.1) is 0 Å². The predicted octanol–water partition coefficient (Wildman–Crippen LogP) is 2.56. The standard InChI is InChI=1S/C17H26N2O2/c1-11(2)9-10-19-17(20)12(3)21-16-6-4-5-13-14(16)7-8-15(13)18/h4-6,11-12,15H,7-10,18H2,1-3H3,(H,19,20). The van der Waals surface area contributed by atoms with Crippen LogP contribution in [0, 0.1) is 5.92 Å². The lowest BCUT2D eigenvalue weighted by Crippen LogP contribution is -2.37. The van der Waals surface area contributed by atoms with Crippen molar-refractivity contribution in [3.05, 3.63) is 29.3 Å². The van der Waals surface area contributed by atoms with Crippen molar-refractivity contribution >= 4 is 5.91 Å². The van der Waals surface area contributed by atoms with Crippen LogP contribution in [-0.4, -0.2) is 18.6 Å². The third-order valence-electron chi connectivity index (χ3n) is 3.97. The van der Waals surface area contributed by atoms with E-state index in [1.54, 1.807) is 6.92 Å². The maximum atomic E-state index is 12.0. The van der Waals surface area contributed by atoms with Gasteiger partial charge in [-0.25, -0.2) is 0 Å². The van der Waals surface area contributed by atoms with Gasteiger partial charge in [0.25, 0.3) is 5.91 Å². The van der Waals surface area contributed by atoms with E-state index in [1.807, 2.05) is 18.2 Å². The summed E-state index contributed by atoms with van der Waals surface area (Å²) in [4.78, 5) is 12.0. The molecular formula is C17H26N2O2. The molecule has 1 aliphatic carbocycles. The van der Waals surface area contributed by atoms with Gasteiger partial charge in [-0.1, -0.05) is 26.0 Å². The first-order valence-electron chi connectivity index (χ1n) is 7.80. The SMILES string of the molecule is CC(C)CCNC(=O)C(C)Oc1cccc2c1CCC2N. The van der Waals surface area contributed by atoms with Gasteiger partial charge in [0.15, 0.2) is 6.10 Å². The molecule has 0 bridgehead atoms. The Bertz CT molecular complexity index is 500. The van der Waals surface area contributed by atoms with Crippen molar-refractivity contribution in [1.29, 1.82) is 0 Å². The summed E-state index contributed by atoms with van der Waals surface area (Å²) in [5.41, 5.74) is 8.38. The van der Waals surface area contributed by atoms with E-state index in [0.717, 1.165) is 36.1 Å². The quantitative estimate of drug-likeness (QED) is 0.846. The fourth-order valence-corrected chi connectivity index (χ4v) is 2.64. The Hall–Kier alpha value is -1.55. The highest BCUT2D eigenvalue weighted by Crippen LogP contribution is 2.35. The molecule has 0 aromatic heterocycles. The number of hydrogen-bond donors (Lipinski definition) is 2. The van der Waals surface area contributed by atoms with Crippen molar-refractivity contribution in [1.82, 2.24) is 5.32 Å². The number of amides is 1. The van der Waals surface area contributed by atoms with Gasteiger partial charge in [-0.05, 0) is 49.3 Å². The zero-order valence-electron chi connectivity index (χ0n) is 13.2. The van der Waals surface area contributed by atoms with Crippen molar-refractivity contribution in [2.75, 3.05) is 6.54 Å². The predicted molar refractivity (Wildman–Crippen MR) is 84.2 cm³/mol. The van der Waals surface area contributed by atoms with E-state index in [-0.39, 0.29) is 11.9 Å². The number of carbonyl (C=O) groups is 1. The lowest BCUT2D eigenvalue weighted by atomic mass is 10.1. The molecule has 3 N–H and O–H groups in total. The Morgan fingerprint density at radius 2 is 2.19 bits per heavy atom. The Balaban J connectivity index is 1.94. The monoisotopic (exact) mass is 290 g/mol. The van der Waals surface area contributed by atoms with Crippen LogP contribution >= 0.6 is 0 Å². The summed E-state index contributed by atoms with van der Waals surface area (Å²) in [6.07, 6.45) is 2.37. The van der Waals surface area contributed by atoms with E-state index in [4.69, 9.17) is 10.5 Å². The first kappa shape index (κ1) is 15.8. The summed E-state index contributed by atoms with van der Waals surface area (Å²) in [6.45, 7) is 6.77. The summed E-state index contributed by atoms with van der Waals surface area (Å²) >= 11 is 0. The molecule has 1 aromatic rings. The Morgan fingerprint density at radius 3 is 2.90 bits per heavy atom. The maximum Gasteiger partial charge on any atom is 0.260 e. The number of ether oxygens (including phenoxy) is 1. The van der Waals surface area contributed by atoms with Crippen LogP contribution < -0.4 is 15.8 Å². The van der Waals surface area contributed by atoms with Gasteiger partial charge in [-0.15, -0.1) is 0 Å². The zero-order valence-corrected chi connectivity index (χ0v) is 13.2.